The number of halogens is 1. The van der Waals surface area contributed by atoms with Crippen molar-refractivity contribution < 1.29 is 0 Å². The molecule has 0 unspecified atom stereocenters. The molecule has 0 spiro atoms. The van der Waals surface area contributed by atoms with Crippen LogP contribution in [-0.4, -0.2) is 10.1 Å². The lowest BCUT2D eigenvalue weighted by Crippen LogP contribution is -2.19. The Bertz CT molecular complexity index is 314. The Morgan fingerprint density at radius 3 is 2.92 bits per heavy atom. The average molecular weight is 246 g/mol. The van der Waals surface area contributed by atoms with E-state index in [2.05, 4.69) is 38.4 Å². The molecule has 0 aliphatic heterocycles. The van der Waals surface area contributed by atoms with Gasteiger partial charge < -0.3 is 11.1 Å². The molecule has 0 aliphatic carbocycles. The number of pyridine rings is 1. The molecule has 3 nitrogen and oxygen atoms in total. The topological polar surface area (TPSA) is 50.9 Å². The zero-order chi connectivity index (χ0) is 9.14. The van der Waals surface area contributed by atoms with E-state index in [4.69, 9.17) is 5.73 Å². The number of thiocarbonyl (C=S) groups is 1. The SMILES string of the molecule is Cc1cnc(NC(N)=S)c(Br)c1. The van der Waals surface area contributed by atoms with Gasteiger partial charge in [0.1, 0.15) is 5.82 Å². The molecule has 5 heteroatoms. The maximum absolute atomic E-state index is 5.29. The first-order chi connectivity index (χ1) is 5.59. The third-order valence-corrected chi connectivity index (χ3v) is 1.93. The van der Waals surface area contributed by atoms with E-state index in [9.17, 15) is 0 Å². The van der Waals surface area contributed by atoms with Crippen LogP contribution in [0.1, 0.15) is 5.56 Å². The molecule has 12 heavy (non-hydrogen) atoms. The lowest BCUT2D eigenvalue weighted by Gasteiger charge is -2.04. The van der Waals surface area contributed by atoms with Crippen LogP contribution in [-0.2, 0) is 0 Å². The fourth-order valence-electron chi connectivity index (χ4n) is 0.742. The monoisotopic (exact) mass is 245 g/mol. The molecule has 3 N–H and O–H groups in total. The second-order valence-corrected chi connectivity index (χ2v) is 3.63. The summed E-state index contributed by atoms with van der Waals surface area (Å²) in [5.74, 6) is 0.646. The summed E-state index contributed by atoms with van der Waals surface area (Å²) in [4.78, 5) is 4.09. The van der Waals surface area contributed by atoms with E-state index in [-0.39, 0.29) is 5.11 Å². The van der Waals surface area contributed by atoms with Crippen molar-refractivity contribution in [1.29, 1.82) is 0 Å². The van der Waals surface area contributed by atoms with E-state index >= 15 is 0 Å². The Morgan fingerprint density at radius 1 is 1.75 bits per heavy atom. The first-order valence-corrected chi connectivity index (χ1v) is 4.48. The van der Waals surface area contributed by atoms with Gasteiger partial charge in [-0.2, -0.15) is 0 Å². The van der Waals surface area contributed by atoms with Crippen molar-refractivity contribution in [3.8, 4) is 0 Å². The Kier molecular flexibility index (Phi) is 2.99. The number of nitrogens with zero attached hydrogens (tertiary/aromatic N) is 1. The molecular formula is C7H8BrN3S. The number of rotatable bonds is 1. The zero-order valence-electron chi connectivity index (χ0n) is 6.47. The predicted molar refractivity (Wildman–Crippen MR) is 57.1 cm³/mol. The summed E-state index contributed by atoms with van der Waals surface area (Å²) in [6, 6.07) is 1.94. The Hall–Kier alpha value is -0.680. The van der Waals surface area contributed by atoms with Crippen molar-refractivity contribution >= 4 is 39.1 Å². The van der Waals surface area contributed by atoms with Gasteiger partial charge in [0.15, 0.2) is 5.11 Å². The second kappa shape index (κ2) is 3.82. The van der Waals surface area contributed by atoms with Crippen LogP contribution >= 0.6 is 28.1 Å². The molecule has 1 aromatic rings. The third kappa shape index (κ3) is 2.42. The summed E-state index contributed by atoms with van der Waals surface area (Å²) in [5.41, 5.74) is 6.37. The van der Waals surface area contributed by atoms with Crippen molar-refractivity contribution in [2.45, 2.75) is 6.92 Å². The number of nitrogens with one attached hydrogen (secondary N) is 1. The smallest absolute Gasteiger partial charge is 0.169 e. The van der Waals surface area contributed by atoms with E-state index in [0.29, 0.717) is 5.82 Å². The van der Waals surface area contributed by atoms with Gasteiger partial charge >= 0.3 is 0 Å². The van der Waals surface area contributed by atoms with Crippen LogP contribution in [0.3, 0.4) is 0 Å². The molecule has 0 aromatic carbocycles. The number of hydrogen-bond acceptors (Lipinski definition) is 2. The van der Waals surface area contributed by atoms with Crippen molar-refractivity contribution in [2.75, 3.05) is 5.32 Å². The van der Waals surface area contributed by atoms with Crippen molar-refractivity contribution in [3.63, 3.8) is 0 Å². The number of aromatic nitrogens is 1. The normalized spacial score (nSPS) is 9.50. The molecule has 0 bridgehead atoms. The van der Waals surface area contributed by atoms with Gasteiger partial charge in [-0.25, -0.2) is 4.98 Å². The summed E-state index contributed by atoms with van der Waals surface area (Å²) in [5, 5.41) is 2.97. The Balaban J connectivity index is 2.93. The highest BCUT2D eigenvalue weighted by atomic mass is 79.9. The zero-order valence-corrected chi connectivity index (χ0v) is 8.87. The van der Waals surface area contributed by atoms with E-state index in [1.54, 1.807) is 6.20 Å². The quantitative estimate of drug-likeness (QED) is 0.742. The van der Waals surface area contributed by atoms with Gasteiger partial charge in [-0.3, -0.25) is 0 Å². The van der Waals surface area contributed by atoms with E-state index in [0.717, 1.165) is 10.0 Å². The molecule has 0 saturated carbocycles. The summed E-state index contributed by atoms with van der Waals surface area (Å²) < 4.78 is 0.857. The molecule has 1 heterocycles. The van der Waals surface area contributed by atoms with Crippen LogP contribution in [0.15, 0.2) is 16.7 Å². The number of aryl methyl sites for hydroxylation is 1. The standard InChI is InChI=1S/C7H8BrN3S/c1-4-2-5(8)6(10-3-4)11-7(9)12/h2-3H,1H3,(H3,9,10,11,12). The van der Waals surface area contributed by atoms with E-state index in [1.165, 1.54) is 0 Å². The van der Waals surface area contributed by atoms with Crippen LogP contribution in [0.4, 0.5) is 5.82 Å². The van der Waals surface area contributed by atoms with Crippen molar-refractivity contribution in [1.82, 2.24) is 4.98 Å². The first-order valence-electron chi connectivity index (χ1n) is 3.28. The van der Waals surface area contributed by atoms with Crippen LogP contribution in [0.25, 0.3) is 0 Å². The first kappa shape index (κ1) is 9.41. The summed E-state index contributed by atoms with van der Waals surface area (Å²) in [6.45, 7) is 1.96. The van der Waals surface area contributed by atoms with Gasteiger partial charge in [0.05, 0.1) is 4.47 Å². The molecule has 0 aliphatic rings. The maximum atomic E-state index is 5.29. The fourth-order valence-corrected chi connectivity index (χ4v) is 1.40. The molecule has 0 saturated heterocycles. The van der Waals surface area contributed by atoms with Gasteiger partial charge in [0, 0.05) is 6.20 Å². The van der Waals surface area contributed by atoms with Crippen LogP contribution in [0, 0.1) is 6.92 Å². The number of nitrogens with two attached hydrogens (primary N) is 1. The van der Waals surface area contributed by atoms with Gasteiger partial charge in [-0.15, -0.1) is 0 Å². The van der Waals surface area contributed by atoms with Gasteiger partial charge in [0.25, 0.3) is 0 Å². The minimum absolute atomic E-state index is 0.215. The van der Waals surface area contributed by atoms with Gasteiger partial charge in [-0.1, -0.05) is 0 Å². The maximum Gasteiger partial charge on any atom is 0.169 e. The Morgan fingerprint density at radius 2 is 2.42 bits per heavy atom. The van der Waals surface area contributed by atoms with E-state index in [1.807, 2.05) is 13.0 Å². The summed E-state index contributed by atoms with van der Waals surface area (Å²) in [6.07, 6.45) is 1.74. The molecule has 0 fully saturated rings. The van der Waals surface area contributed by atoms with Crippen LogP contribution in [0.5, 0.6) is 0 Å². The van der Waals surface area contributed by atoms with Gasteiger partial charge in [0.2, 0.25) is 0 Å². The highest BCUT2D eigenvalue weighted by Gasteiger charge is 2.00. The molecular weight excluding hydrogens is 238 g/mol. The summed E-state index contributed by atoms with van der Waals surface area (Å²) in [7, 11) is 0. The minimum Gasteiger partial charge on any atom is -0.376 e. The minimum atomic E-state index is 0.215. The molecule has 0 radical (unpaired) electrons. The fraction of sp³-hybridized carbons (Fsp3) is 0.143. The molecule has 0 atom stereocenters. The highest BCUT2D eigenvalue weighted by Crippen LogP contribution is 2.19. The van der Waals surface area contributed by atoms with Crippen molar-refractivity contribution in [3.05, 3.63) is 22.3 Å². The highest BCUT2D eigenvalue weighted by molar-refractivity contribution is 9.10. The third-order valence-electron chi connectivity index (χ3n) is 1.22. The molecule has 64 valence electrons. The van der Waals surface area contributed by atoms with Crippen LogP contribution < -0.4 is 11.1 Å². The summed E-state index contributed by atoms with van der Waals surface area (Å²) >= 11 is 8.01. The predicted octanol–water partition coefficient (Wildman–Crippen LogP) is 1.81. The Labute approximate surface area is 84.5 Å². The van der Waals surface area contributed by atoms with Crippen molar-refractivity contribution in [2.24, 2.45) is 5.73 Å². The van der Waals surface area contributed by atoms with Gasteiger partial charge in [-0.05, 0) is 46.7 Å². The van der Waals surface area contributed by atoms with Crippen LogP contribution in [0.2, 0.25) is 0 Å². The second-order valence-electron chi connectivity index (χ2n) is 2.33. The average Bonchev–Trinajstić information content (AvgIpc) is 1.94. The van der Waals surface area contributed by atoms with E-state index < -0.39 is 0 Å². The lowest BCUT2D eigenvalue weighted by molar-refractivity contribution is 1.25. The number of hydrogen-bond donors (Lipinski definition) is 2. The molecule has 1 rings (SSSR count). The largest absolute Gasteiger partial charge is 0.376 e. The number of anilines is 1. The molecule has 1 aromatic heterocycles. The lowest BCUT2D eigenvalue weighted by atomic mass is 10.3. The molecule has 0 amide bonds.